The number of imide groups is 2. The smallest absolute Gasteiger partial charge is 0.260 e. The number of hydrogen-bond acceptors (Lipinski definition) is 6. The van der Waals surface area contributed by atoms with Gasteiger partial charge in [0.25, 0.3) is 11.8 Å². The number of fused-ring (bicyclic) bond motifs is 4. The Labute approximate surface area is 247 Å². The molecule has 218 valence electrons. The fourth-order valence-electron chi connectivity index (χ4n) is 8.01. The molecule has 6 unspecified atom stereocenters. The van der Waals surface area contributed by atoms with Gasteiger partial charge in [-0.1, -0.05) is 71.8 Å². The van der Waals surface area contributed by atoms with Crippen molar-refractivity contribution in [2.75, 3.05) is 12.5 Å². The number of aromatic hydroxyl groups is 1. The number of anilines is 1. The molecule has 43 heavy (non-hydrogen) atoms. The van der Waals surface area contributed by atoms with Gasteiger partial charge in [0.1, 0.15) is 0 Å². The lowest BCUT2D eigenvalue weighted by molar-refractivity contribution is -0.140. The highest BCUT2D eigenvalue weighted by atomic mass is 19.1. The number of aryl methyl sites for hydroxylation is 1. The van der Waals surface area contributed by atoms with Crippen molar-refractivity contribution in [3.8, 4) is 5.75 Å². The van der Waals surface area contributed by atoms with Crippen molar-refractivity contribution in [2.24, 2.45) is 23.7 Å². The van der Waals surface area contributed by atoms with Crippen LogP contribution in [0.4, 0.5) is 10.1 Å². The predicted molar refractivity (Wildman–Crippen MR) is 155 cm³/mol. The normalized spacial score (nSPS) is 29.7. The van der Waals surface area contributed by atoms with Crippen molar-refractivity contribution >= 4 is 29.3 Å². The molecule has 4 aliphatic rings. The maximum Gasteiger partial charge on any atom is 0.260 e. The van der Waals surface area contributed by atoms with Crippen LogP contribution in [0.25, 0.3) is 0 Å². The van der Waals surface area contributed by atoms with Crippen LogP contribution in [0.5, 0.6) is 5.75 Å². The molecule has 8 nitrogen and oxygen atoms in total. The minimum absolute atomic E-state index is 0.137. The lowest BCUT2D eigenvalue weighted by Crippen LogP contribution is -2.53. The first-order valence-corrected chi connectivity index (χ1v) is 14.4. The number of halogens is 1. The number of hydrazine groups is 1. The second kappa shape index (κ2) is 9.62. The Morgan fingerprint density at radius 2 is 1.60 bits per heavy atom. The standard InChI is InChI=1S/C34H30FN3O5/c1-18-11-13-20(14-12-18)36-38-31(41)25-17-24-21(15-16-22-27(24)32(42)37(2)30(22)40)28(23-9-6-10-26(35)29(23)39)34(25,33(38)43)19-7-4-3-5-8-19/h3-15,22,24-25,27-28,36,39H,16-17H2,1-2H3. The van der Waals surface area contributed by atoms with E-state index in [2.05, 4.69) is 5.43 Å². The second-order valence-electron chi connectivity index (χ2n) is 12.0. The molecule has 1 saturated carbocycles. The average Bonchev–Trinajstić information content (AvgIpc) is 3.37. The van der Waals surface area contributed by atoms with Gasteiger partial charge in [-0.15, -0.1) is 0 Å². The Morgan fingerprint density at radius 1 is 0.884 bits per heavy atom. The summed E-state index contributed by atoms with van der Waals surface area (Å²) in [6.07, 6.45) is 2.28. The van der Waals surface area contributed by atoms with Gasteiger partial charge in [-0.3, -0.25) is 29.5 Å². The molecule has 4 amide bonds. The van der Waals surface area contributed by atoms with Crippen LogP contribution in [0.1, 0.15) is 35.4 Å². The van der Waals surface area contributed by atoms with E-state index in [9.17, 15) is 24.3 Å². The number of likely N-dealkylation sites (tertiary alicyclic amines) is 1. The molecule has 7 rings (SSSR count). The quantitative estimate of drug-likeness (QED) is 0.349. The summed E-state index contributed by atoms with van der Waals surface area (Å²) < 4.78 is 15.0. The zero-order chi connectivity index (χ0) is 30.2. The molecule has 3 aromatic carbocycles. The van der Waals surface area contributed by atoms with Crippen molar-refractivity contribution in [2.45, 2.75) is 31.1 Å². The van der Waals surface area contributed by atoms with Gasteiger partial charge >= 0.3 is 0 Å². The highest BCUT2D eigenvalue weighted by molar-refractivity contribution is 6.13. The number of allylic oxidation sites excluding steroid dienone is 2. The molecule has 0 spiro atoms. The Bertz CT molecular complexity index is 1720. The van der Waals surface area contributed by atoms with Crippen molar-refractivity contribution in [1.29, 1.82) is 0 Å². The fraction of sp³-hybridized carbons (Fsp3) is 0.294. The summed E-state index contributed by atoms with van der Waals surface area (Å²) in [6.45, 7) is 1.93. The van der Waals surface area contributed by atoms with Crippen LogP contribution in [-0.2, 0) is 24.6 Å². The molecule has 0 bridgehead atoms. The zero-order valence-electron chi connectivity index (χ0n) is 23.7. The molecule has 2 aliphatic heterocycles. The molecule has 0 aromatic heterocycles. The van der Waals surface area contributed by atoms with Crippen LogP contribution < -0.4 is 5.43 Å². The maximum absolute atomic E-state index is 15.0. The number of hydrogen-bond donors (Lipinski definition) is 2. The maximum atomic E-state index is 15.0. The molecular formula is C34H30FN3O5. The highest BCUT2D eigenvalue weighted by Gasteiger charge is 2.70. The van der Waals surface area contributed by atoms with Gasteiger partial charge in [0.2, 0.25) is 11.8 Å². The van der Waals surface area contributed by atoms with E-state index in [0.29, 0.717) is 16.8 Å². The topological polar surface area (TPSA) is 107 Å². The van der Waals surface area contributed by atoms with Gasteiger partial charge < -0.3 is 5.11 Å². The predicted octanol–water partition coefficient (Wildman–Crippen LogP) is 4.45. The van der Waals surface area contributed by atoms with Crippen LogP contribution in [0.2, 0.25) is 0 Å². The first-order valence-electron chi connectivity index (χ1n) is 14.4. The van der Waals surface area contributed by atoms with Crippen LogP contribution in [-0.4, -0.2) is 45.7 Å². The van der Waals surface area contributed by atoms with Crippen LogP contribution in [0.15, 0.2) is 84.4 Å². The van der Waals surface area contributed by atoms with Crippen molar-refractivity contribution in [3.63, 3.8) is 0 Å². The molecular weight excluding hydrogens is 549 g/mol. The number of nitrogens with one attached hydrogen (secondary N) is 1. The Balaban J connectivity index is 1.48. The number of carbonyl (C=O) groups excluding carboxylic acids is 4. The molecule has 3 fully saturated rings. The number of phenolic OH excluding ortho intramolecular Hbond substituents is 1. The van der Waals surface area contributed by atoms with Crippen LogP contribution in [0.3, 0.4) is 0 Å². The van der Waals surface area contributed by atoms with Crippen LogP contribution >= 0.6 is 0 Å². The number of rotatable bonds is 4. The zero-order valence-corrected chi connectivity index (χ0v) is 23.7. The van der Waals surface area contributed by atoms with E-state index >= 15 is 4.39 Å². The monoisotopic (exact) mass is 579 g/mol. The molecule has 2 aliphatic carbocycles. The number of phenols is 1. The largest absolute Gasteiger partial charge is 0.505 e. The minimum atomic E-state index is -1.56. The fourth-order valence-corrected chi connectivity index (χ4v) is 8.01. The summed E-state index contributed by atoms with van der Waals surface area (Å²) in [6, 6.07) is 20.4. The van der Waals surface area contributed by atoms with E-state index in [4.69, 9.17) is 0 Å². The first kappa shape index (κ1) is 27.1. The summed E-state index contributed by atoms with van der Waals surface area (Å²) >= 11 is 0. The lowest BCUT2D eigenvalue weighted by atomic mass is 9.49. The third kappa shape index (κ3) is 3.66. The average molecular weight is 580 g/mol. The molecule has 0 radical (unpaired) electrons. The third-order valence-corrected chi connectivity index (χ3v) is 9.94. The molecule has 2 heterocycles. The van der Waals surface area contributed by atoms with E-state index in [1.165, 1.54) is 13.1 Å². The summed E-state index contributed by atoms with van der Waals surface area (Å²) in [5, 5.41) is 12.2. The third-order valence-electron chi connectivity index (χ3n) is 9.94. The van der Waals surface area contributed by atoms with Gasteiger partial charge in [-0.2, -0.15) is 5.01 Å². The van der Waals surface area contributed by atoms with Crippen LogP contribution in [0, 0.1) is 36.4 Å². The van der Waals surface area contributed by atoms with Gasteiger partial charge in [0.05, 0.1) is 28.9 Å². The molecule has 2 saturated heterocycles. The molecule has 3 aromatic rings. The number of amides is 4. The summed E-state index contributed by atoms with van der Waals surface area (Å²) in [5.41, 5.74) is 4.37. The summed E-state index contributed by atoms with van der Waals surface area (Å²) in [5.74, 6) is -6.89. The summed E-state index contributed by atoms with van der Waals surface area (Å²) in [4.78, 5) is 57.0. The first-order chi connectivity index (χ1) is 20.7. The van der Waals surface area contributed by atoms with Gasteiger partial charge in [0.15, 0.2) is 11.6 Å². The molecule has 6 atom stereocenters. The highest BCUT2D eigenvalue weighted by Crippen LogP contribution is 2.64. The van der Waals surface area contributed by atoms with Gasteiger partial charge in [-0.25, -0.2) is 4.39 Å². The van der Waals surface area contributed by atoms with Crippen molar-refractivity contribution in [1.82, 2.24) is 9.91 Å². The number of para-hydroxylation sites is 1. The van der Waals surface area contributed by atoms with E-state index in [1.54, 1.807) is 42.5 Å². The van der Waals surface area contributed by atoms with Gasteiger partial charge in [-0.05, 0) is 49.4 Å². The van der Waals surface area contributed by atoms with E-state index in [0.717, 1.165) is 21.5 Å². The Morgan fingerprint density at radius 3 is 2.33 bits per heavy atom. The molecule has 9 heteroatoms. The van der Waals surface area contributed by atoms with Crippen molar-refractivity contribution in [3.05, 3.63) is 107 Å². The number of nitrogens with zero attached hydrogens (tertiary/aromatic N) is 2. The van der Waals surface area contributed by atoms with Gasteiger partial charge in [0, 0.05) is 18.5 Å². The molecule has 2 N–H and O–H groups in total. The van der Waals surface area contributed by atoms with E-state index < -0.39 is 58.4 Å². The number of benzene rings is 3. The van der Waals surface area contributed by atoms with E-state index in [1.807, 2.05) is 31.2 Å². The number of carbonyl (C=O) groups is 4. The Kier molecular flexibility index (Phi) is 6.06. The Hall–Kier alpha value is -4.79. The SMILES string of the molecule is Cc1ccc(NN2C(=O)C3CC4C(=CCC5C(=O)N(C)C(=O)C54)C(c4cccc(F)c4O)C3(c3ccccc3)C2=O)cc1. The summed E-state index contributed by atoms with van der Waals surface area (Å²) in [7, 11) is 1.47. The minimum Gasteiger partial charge on any atom is -0.505 e. The van der Waals surface area contributed by atoms with Crippen molar-refractivity contribution < 1.29 is 28.7 Å². The van der Waals surface area contributed by atoms with E-state index in [-0.39, 0.29) is 30.2 Å². The second-order valence-corrected chi connectivity index (χ2v) is 12.0. The lowest BCUT2D eigenvalue weighted by Gasteiger charge is -2.50.